The summed E-state index contributed by atoms with van der Waals surface area (Å²) in [7, 11) is 0. The van der Waals surface area contributed by atoms with Crippen LogP contribution in [-0.4, -0.2) is 25.0 Å². The smallest absolute Gasteiger partial charge is 0.239 e. The van der Waals surface area contributed by atoms with E-state index < -0.39 is 5.92 Å². The second kappa shape index (κ2) is 8.49. The largest absolute Gasteiger partial charge is 0.491 e. The highest BCUT2D eigenvalue weighted by Gasteiger charge is 2.35. The molecule has 2 aromatic rings. The van der Waals surface area contributed by atoms with Crippen LogP contribution in [0.4, 0.5) is 5.69 Å². The number of aryl methyl sites for hydroxylation is 1. The Bertz CT molecular complexity index is 764. The summed E-state index contributed by atoms with van der Waals surface area (Å²) in [5.74, 6) is 4.99. The Hall–Kier alpha value is -2.86. The predicted molar refractivity (Wildman–Crippen MR) is 99.5 cm³/mol. The van der Waals surface area contributed by atoms with Crippen LogP contribution < -0.4 is 20.9 Å². The molecule has 1 aliphatic heterocycles. The Balaban J connectivity index is 1.61. The minimum atomic E-state index is -0.432. The highest BCUT2D eigenvalue weighted by atomic mass is 16.5. The number of carbonyl (C=O) groups excluding carboxylic acids is 2. The molecule has 1 saturated heterocycles. The minimum absolute atomic E-state index is 0.0982. The van der Waals surface area contributed by atoms with Gasteiger partial charge in [0.2, 0.25) is 11.8 Å². The van der Waals surface area contributed by atoms with Gasteiger partial charge in [0, 0.05) is 13.0 Å². The Kier molecular flexibility index (Phi) is 5.86. The van der Waals surface area contributed by atoms with Gasteiger partial charge in [-0.25, -0.2) is 5.84 Å². The Labute approximate surface area is 152 Å². The number of amides is 2. The van der Waals surface area contributed by atoms with Crippen molar-refractivity contribution in [1.29, 1.82) is 0 Å². The van der Waals surface area contributed by atoms with E-state index in [9.17, 15) is 9.59 Å². The average Bonchev–Trinajstić information content (AvgIpc) is 3.07. The van der Waals surface area contributed by atoms with Crippen LogP contribution in [0.25, 0.3) is 0 Å². The van der Waals surface area contributed by atoms with Crippen LogP contribution in [0.15, 0.2) is 54.6 Å². The number of carbonyl (C=O) groups is 2. The molecule has 136 valence electrons. The van der Waals surface area contributed by atoms with Gasteiger partial charge in [0.15, 0.2) is 0 Å². The summed E-state index contributed by atoms with van der Waals surface area (Å²) in [5, 5.41) is 0. The molecular formula is C20H23N3O3. The molecule has 3 N–H and O–H groups in total. The fraction of sp³-hybridized carbons (Fsp3) is 0.300. The molecule has 0 radical (unpaired) electrons. The maximum atomic E-state index is 12.3. The van der Waals surface area contributed by atoms with Gasteiger partial charge in [-0.2, -0.15) is 0 Å². The molecule has 0 bridgehead atoms. The van der Waals surface area contributed by atoms with E-state index in [1.54, 1.807) is 4.90 Å². The van der Waals surface area contributed by atoms with Crippen LogP contribution >= 0.6 is 0 Å². The lowest BCUT2D eigenvalue weighted by atomic mass is 10.1. The van der Waals surface area contributed by atoms with Crippen LogP contribution in [0.1, 0.15) is 18.4 Å². The Morgan fingerprint density at radius 3 is 2.65 bits per heavy atom. The van der Waals surface area contributed by atoms with Crippen molar-refractivity contribution in [3.8, 4) is 5.75 Å². The number of hydrazine groups is 1. The minimum Gasteiger partial charge on any atom is -0.491 e. The van der Waals surface area contributed by atoms with E-state index >= 15 is 0 Å². The third-order valence-electron chi connectivity index (χ3n) is 4.50. The van der Waals surface area contributed by atoms with Crippen molar-refractivity contribution < 1.29 is 14.3 Å². The lowest BCUT2D eigenvalue weighted by Crippen LogP contribution is -2.37. The van der Waals surface area contributed by atoms with Gasteiger partial charge in [0.25, 0.3) is 0 Å². The zero-order valence-electron chi connectivity index (χ0n) is 14.6. The second-order valence-corrected chi connectivity index (χ2v) is 6.32. The number of anilines is 1. The monoisotopic (exact) mass is 353 g/mol. The normalized spacial score (nSPS) is 16.6. The van der Waals surface area contributed by atoms with E-state index in [1.165, 1.54) is 5.56 Å². The Morgan fingerprint density at radius 2 is 1.88 bits per heavy atom. The van der Waals surface area contributed by atoms with Crippen LogP contribution in [0, 0.1) is 5.92 Å². The molecule has 1 atom stereocenters. The van der Waals surface area contributed by atoms with Crippen molar-refractivity contribution in [1.82, 2.24) is 5.43 Å². The number of hydrogen-bond acceptors (Lipinski definition) is 4. The molecule has 0 spiro atoms. The maximum absolute atomic E-state index is 12.3. The molecule has 26 heavy (non-hydrogen) atoms. The van der Waals surface area contributed by atoms with Crippen LogP contribution in [0.3, 0.4) is 0 Å². The van der Waals surface area contributed by atoms with Gasteiger partial charge in [-0.05, 0) is 30.5 Å². The van der Waals surface area contributed by atoms with Crippen molar-refractivity contribution in [3.63, 3.8) is 0 Å². The van der Waals surface area contributed by atoms with Crippen molar-refractivity contribution in [2.24, 2.45) is 11.8 Å². The van der Waals surface area contributed by atoms with Crippen LogP contribution in [0.5, 0.6) is 5.75 Å². The topological polar surface area (TPSA) is 84.7 Å². The van der Waals surface area contributed by atoms with Crippen molar-refractivity contribution >= 4 is 17.5 Å². The maximum Gasteiger partial charge on any atom is 0.239 e. The third-order valence-corrected chi connectivity index (χ3v) is 4.50. The number of hydrogen-bond donors (Lipinski definition) is 2. The first-order chi connectivity index (χ1) is 12.7. The van der Waals surface area contributed by atoms with Crippen molar-refractivity contribution in [3.05, 3.63) is 60.2 Å². The van der Waals surface area contributed by atoms with Gasteiger partial charge in [0.1, 0.15) is 5.75 Å². The molecule has 0 saturated carbocycles. The molecule has 6 nitrogen and oxygen atoms in total. The van der Waals surface area contributed by atoms with E-state index in [2.05, 4.69) is 17.6 Å². The van der Waals surface area contributed by atoms with E-state index in [4.69, 9.17) is 10.6 Å². The summed E-state index contributed by atoms with van der Waals surface area (Å²) in [4.78, 5) is 25.6. The van der Waals surface area contributed by atoms with Gasteiger partial charge in [-0.15, -0.1) is 0 Å². The lowest BCUT2D eigenvalue weighted by Gasteiger charge is -2.20. The zero-order valence-corrected chi connectivity index (χ0v) is 14.6. The molecule has 1 heterocycles. The summed E-state index contributed by atoms with van der Waals surface area (Å²) in [5.41, 5.74) is 4.09. The van der Waals surface area contributed by atoms with Gasteiger partial charge >= 0.3 is 0 Å². The second-order valence-electron chi connectivity index (χ2n) is 6.32. The fourth-order valence-electron chi connectivity index (χ4n) is 3.14. The predicted octanol–water partition coefficient (Wildman–Crippen LogP) is 2.04. The summed E-state index contributed by atoms with van der Waals surface area (Å²) in [6.45, 7) is 0.868. The first-order valence-electron chi connectivity index (χ1n) is 8.75. The van der Waals surface area contributed by atoms with Gasteiger partial charge in [-0.3, -0.25) is 15.0 Å². The fourth-order valence-corrected chi connectivity index (χ4v) is 3.14. The summed E-state index contributed by atoms with van der Waals surface area (Å²) in [6, 6.07) is 17.7. The highest BCUT2D eigenvalue weighted by Crippen LogP contribution is 2.33. The lowest BCUT2D eigenvalue weighted by molar-refractivity contribution is -0.126. The number of nitrogens with zero attached hydrogens (tertiary/aromatic N) is 1. The molecule has 0 aromatic heterocycles. The number of ether oxygens (including phenoxy) is 1. The van der Waals surface area contributed by atoms with Gasteiger partial charge in [-0.1, -0.05) is 42.5 Å². The molecule has 1 unspecified atom stereocenters. The van der Waals surface area contributed by atoms with E-state index in [0.717, 1.165) is 12.8 Å². The van der Waals surface area contributed by atoms with Crippen LogP contribution in [-0.2, 0) is 16.0 Å². The molecule has 1 aliphatic rings. The molecular weight excluding hydrogens is 330 g/mol. The average molecular weight is 353 g/mol. The quantitative estimate of drug-likeness (QED) is 0.345. The van der Waals surface area contributed by atoms with Crippen molar-refractivity contribution in [2.45, 2.75) is 19.3 Å². The zero-order chi connectivity index (χ0) is 18.4. The molecule has 2 amide bonds. The molecule has 2 aromatic carbocycles. The van der Waals surface area contributed by atoms with E-state index in [0.29, 0.717) is 24.6 Å². The van der Waals surface area contributed by atoms with E-state index in [1.807, 2.05) is 42.5 Å². The van der Waals surface area contributed by atoms with Crippen molar-refractivity contribution in [2.75, 3.05) is 18.1 Å². The molecule has 1 fully saturated rings. The third kappa shape index (κ3) is 4.21. The first-order valence-corrected chi connectivity index (χ1v) is 8.75. The Morgan fingerprint density at radius 1 is 1.15 bits per heavy atom. The van der Waals surface area contributed by atoms with E-state index in [-0.39, 0.29) is 18.2 Å². The number of nitrogens with two attached hydrogens (primary N) is 1. The highest BCUT2D eigenvalue weighted by molar-refractivity contribution is 6.01. The van der Waals surface area contributed by atoms with Gasteiger partial charge in [0.05, 0.1) is 18.2 Å². The number of rotatable bonds is 7. The van der Waals surface area contributed by atoms with Crippen LogP contribution in [0.2, 0.25) is 0 Å². The number of nitrogens with one attached hydrogen (secondary N) is 1. The first kappa shape index (κ1) is 17.9. The summed E-state index contributed by atoms with van der Waals surface area (Å²) in [6.07, 6.45) is 1.97. The molecule has 3 rings (SSSR count). The number of benzene rings is 2. The number of para-hydroxylation sites is 2. The molecule has 6 heteroatoms. The standard InChI is InChI=1S/C20H23N3O3/c21-22-20(25)16-13-19(24)23(14-16)17-10-4-5-11-18(17)26-12-6-9-15-7-2-1-3-8-15/h1-5,7-8,10-11,16H,6,9,12-14,21H2,(H,22,25). The molecule has 0 aliphatic carbocycles. The van der Waals surface area contributed by atoms with Gasteiger partial charge < -0.3 is 9.64 Å². The summed E-state index contributed by atoms with van der Waals surface area (Å²) < 4.78 is 5.92. The summed E-state index contributed by atoms with van der Waals surface area (Å²) >= 11 is 0. The SMILES string of the molecule is NNC(=O)C1CC(=O)N(c2ccccc2OCCCc2ccccc2)C1.